The first-order chi connectivity index (χ1) is 15.2. The molecule has 0 saturated heterocycles. The van der Waals surface area contributed by atoms with Crippen LogP contribution in [0.5, 0.6) is 0 Å². The van der Waals surface area contributed by atoms with Gasteiger partial charge >= 0.3 is 17.9 Å². The van der Waals surface area contributed by atoms with Gasteiger partial charge in [0.25, 0.3) is 0 Å². The van der Waals surface area contributed by atoms with Gasteiger partial charge in [0.05, 0.1) is 5.56 Å². The minimum atomic E-state index is -1.26. The first-order valence-corrected chi connectivity index (χ1v) is 9.61. The minimum absolute atomic E-state index is 0.0754. The lowest BCUT2D eigenvalue weighted by Gasteiger charge is -2.10. The van der Waals surface area contributed by atoms with E-state index in [0.29, 0.717) is 47.0 Å². The summed E-state index contributed by atoms with van der Waals surface area (Å²) in [7, 11) is 3.84. The number of hydrogen-bond acceptors (Lipinski definition) is 6. The molecule has 0 fully saturated rings. The summed E-state index contributed by atoms with van der Waals surface area (Å²) >= 11 is 0. The lowest BCUT2D eigenvalue weighted by molar-refractivity contribution is -0.134. The summed E-state index contributed by atoms with van der Waals surface area (Å²) in [5.74, 6) is -2.92. The van der Waals surface area contributed by atoms with Crippen molar-refractivity contribution in [2.75, 3.05) is 27.2 Å². The molecule has 2 N–H and O–H groups in total. The van der Waals surface area contributed by atoms with Gasteiger partial charge in [0.1, 0.15) is 6.61 Å². The highest BCUT2D eigenvalue weighted by molar-refractivity contribution is 6.07. The van der Waals surface area contributed by atoms with Crippen molar-refractivity contribution in [2.24, 2.45) is 0 Å². The number of carbonyl (C=O) groups excluding carboxylic acids is 1. The van der Waals surface area contributed by atoms with Crippen molar-refractivity contribution >= 4 is 39.5 Å². The maximum absolute atomic E-state index is 12.8. The fourth-order valence-electron chi connectivity index (χ4n) is 2.83. The zero-order valence-corrected chi connectivity index (χ0v) is 17.6. The second-order valence-electron chi connectivity index (χ2n) is 6.97. The average molecular weight is 437 g/mol. The maximum Gasteiger partial charge on any atom is 0.338 e. The number of aliphatic carboxylic acids is 2. The summed E-state index contributed by atoms with van der Waals surface area (Å²) in [6.45, 7) is 0.955. The van der Waals surface area contributed by atoms with E-state index in [-0.39, 0.29) is 5.43 Å². The highest BCUT2D eigenvalue weighted by Gasteiger charge is 2.14. The molecule has 0 aliphatic rings. The van der Waals surface area contributed by atoms with E-state index in [1.807, 2.05) is 43.3 Å². The SMILES string of the molecule is CN(C)CCOC(=O)c1cc2ccccc2c(=O)c2ccccc12.O=C(O)/C=C\C(=O)O. The number of nitrogens with zero attached hydrogens (tertiary/aromatic N) is 1. The molecular weight excluding hydrogens is 414 g/mol. The Morgan fingerprint density at radius 1 is 0.875 bits per heavy atom. The highest BCUT2D eigenvalue weighted by atomic mass is 16.5. The van der Waals surface area contributed by atoms with Crippen LogP contribution in [-0.2, 0) is 14.3 Å². The molecule has 0 spiro atoms. The van der Waals surface area contributed by atoms with E-state index in [2.05, 4.69) is 0 Å². The number of fused-ring (bicyclic) bond motifs is 2. The third kappa shape index (κ3) is 6.75. The van der Waals surface area contributed by atoms with Gasteiger partial charge in [-0.05, 0) is 25.5 Å². The van der Waals surface area contributed by atoms with Crippen molar-refractivity contribution in [1.29, 1.82) is 0 Å². The number of likely N-dealkylation sites (N-methyl/N-ethyl adjacent to an activating group) is 1. The zero-order valence-electron chi connectivity index (χ0n) is 17.6. The van der Waals surface area contributed by atoms with Gasteiger partial charge in [-0.3, -0.25) is 4.79 Å². The van der Waals surface area contributed by atoms with Crippen molar-refractivity contribution in [3.8, 4) is 0 Å². The number of benzene rings is 2. The van der Waals surface area contributed by atoms with Crippen molar-refractivity contribution in [2.45, 2.75) is 0 Å². The normalized spacial score (nSPS) is 10.7. The molecule has 0 aliphatic heterocycles. The topological polar surface area (TPSA) is 121 Å². The van der Waals surface area contributed by atoms with Crippen molar-refractivity contribution < 1.29 is 29.3 Å². The standard InChI is InChI=1S/C20H19NO3.C4H4O4/c1-21(2)11-12-24-20(23)18-13-14-7-3-4-8-15(14)19(22)17-10-6-5-9-16(17)18;5-3(6)1-2-4(7)8/h3-10,13H,11-12H2,1-2H3;1-2H,(H,5,6)(H,7,8)/b;2-1-. The Morgan fingerprint density at radius 2 is 1.41 bits per heavy atom. The molecule has 3 rings (SSSR count). The van der Waals surface area contributed by atoms with Crippen molar-refractivity contribution in [3.05, 3.63) is 82.5 Å². The monoisotopic (exact) mass is 437 g/mol. The van der Waals surface area contributed by atoms with Crippen LogP contribution in [0.25, 0.3) is 21.5 Å². The van der Waals surface area contributed by atoms with Crippen molar-refractivity contribution in [1.82, 2.24) is 4.90 Å². The molecule has 8 nitrogen and oxygen atoms in total. The Hall–Kier alpha value is -4.04. The summed E-state index contributed by atoms with van der Waals surface area (Å²) in [5.41, 5.74) is 0.344. The number of rotatable bonds is 6. The largest absolute Gasteiger partial charge is 0.478 e. The molecule has 166 valence electrons. The smallest absolute Gasteiger partial charge is 0.338 e. The number of carbonyl (C=O) groups is 3. The van der Waals surface area contributed by atoms with Crippen LogP contribution in [0.4, 0.5) is 0 Å². The first-order valence-electron chi connectivity index (χ1n) is 9.61. The zero-order chi connectivity index (χ0) is 23.7. The third-order valence-electron chi connectivity index (χ3n) is 4.33. The molecule has 0 aromatic heterocycles. The molecule has 3 aromatic rings. The van der Waals surface area contributed by atoms with Crippen LogP contribution >= 0.6 is 0 Å². The van der Waals surface area contributed by atoms with Crippen LogP contribution in [0.15, 0.2) is 71.5 Å². The summed E-state index contributed by atoms with van der Waals surface area (Å²) in [4.78, 5) is 46.5. The Morgan fingerprint density at radius 3 is 1.97 bits per heavy atom. The molecule has 0 heterocycles. The van der Waals surface area contributed by atoms with Crippen LogP contribution in [0, 0.1) is 0 Å². The van der Waals surface area contributed by atoms with E-state index < -0.39 is 17.9 Å². The second kappa shape index (κ2) is 11.4. The molecule has 0 saturated carbocycles. The van der Waals surface area contributed by atoms with Crippen LogP contribution in [0.2, 0.25) is 0 Å². The predicted molar refractivity (Wildman–Crippen MR) is 121 cm³/mol. The summed E-state index contributed by atoms with van der Waals surface area (Å²) in [6, 6.07) is 16.2. The van der Waals surface area contributed by atoms with Crippen LogP contribution < -0.4 is 5.43 Å². The Balaban J connectivity index is 0.000000390. The summed E-state index contributed by atoms with van der Waals surface area (Å²) < 4.78 is 5.39. The summed E-state index contributed by atoms with van der Waals surface area (Å²) in [5, 5.41) is 18.1. The molecule has 0 unspecified atom stereocenters. The van der Waals surface area contributed by atoms with Gasteiger partial charge in [-0.1, -0.05) is 48.5 Å². The van der Waals surface area contributed by atoms with Gasteiger partial charge in [-0.25, -0.2) is 14.4 Å². The molecule has 0 radical (unpaired) electrons. The molecule has 3 aromatic carbocycles. The van der Waals surface area contributed by atoms with E-state index in [4.69, 9.17) is 14.9 Å². The van der Waals surface area contributed by atoms with Crippen LogP contribution in [0.3, 0.4) is 0 Å². The molecule has 0 aliphatic carbocycles. The third-order valence-corrected chi connectivity index (χ3v) is 4.33. The fourth-order valence-corrected chi connectivity index (χ4v) is 2.83. The fraction of sp³-hybridized carbons (Fsp3) is 0.167. The minimum Gasteiger partial charge on any atom is -0.478 e. The second-order valence-corrected chi connectivity index (χ2v) is 6.97. The number of carboxylic acids is 2. The molecular formula is C24H23NO7. The molecule has 32 heavy (non-hydrogen) atoms. The van der Waals surface area contributed by atoms with Gasteiger partial charge in [-0.2, -0.15) is 0 Å². The Bertz CT molecular complexity index is 1220. The van der Waals surface area contributed by atoms with Gasteiger partial charge < -0.3 is 19.8 Å². The maximum atomic E-state index is 12.8. The number of carboxylic acid groups (broad SMARTS) is 2. The van der Waals surface area contributed by atoms with Gasteiger partial charge in [0.15, 0.2) is 5.43 Å². The van der Waals surface area contributed by atoms with E-state index in [1.54, 1.807) is 30.3 Å². The van der Waals surface area contributed by atoms with Crippen LogP contribution in [0.1, 0.15) is 10.4 Å². The molecule has 0 bridgehead atoms. The van der Waals surface area contributed by atoms with Crippen molar-refractivity contribution in [3.63, 3.8) is 0 Å². The number of ether oxygens (including phenoxy) is 1. The van der Waals surface area contributed by atoms with E-state index in [9.17, 15) is 19.2 Å². The number of hydrogen-bond donors (Lipinski definition) is 2. The lowest BCUT2D eigenvalue weighted by atomic mass is 10.1. The Kier molecular flexibility index (Phi) is 8.62. The highest BCUT2D eigenvalue weighted by Crippen LogP contribution is 2.21. The van der Waals surface area contributed by atoms with E-state index in [1.165, 1.54) is 0 Å². The van der Waals surface area contributed by atoms with E-state index >= 15 is 0 Å². The quantitative estimate of drug-likeness (QED) is 0.446. The summed E-state index contributed by atoms with van der Waals surface area (Å²) in [6.07, 6.45) is 1.12. The average Bonchev–Trinajstić information content (AvgIpc) is 2.88. The Labute approximate surface area is 184 Å². The molecule has 0 atom stereocenters. The van der Waals surface area contributed by atoms with Gasteiger partial charge in [0.2, 0.25) is 0 Å². The van der Waals surface area contributed by atoms with Crippen LogP contribution in [-0.4, -0.2) is 60.3 Å². The first kappa shape index (κ1) is 24.2. The van der Waals surface area contributed by atoms with E-state index in [0.717, 1.165) is 5.39 Å². The predicted octanol–water partition coefficient (Wildman–Crippen LogP) is 2.78. The number of esters is 1. The molecule has 8 heteroatoms. The van der Waals surface area contributed by atoms with Gasteiger partial charge in [-0.15, -0.1) is 0 Å². The molecule has 0 amide bonds. The lowest BCUT2D eigenvalue weighted by Crippen LogP contribution is -2.20. The van der Waals surface area contributed by atoms with Gasteiger partial charge in [0, 0.05) is 34.9 Å².